The highest BCUT2D eigenvalue weighted by Crippen LogP contribution is 2.50. The van der Waals surface area contributed by atoms with Crippen LogP contribution in [0.3, 0.4) is 0 Å². The van der Waals surface area contributed by atoms with Gasteiger partial charge < -0.3 is 4.43 Å². The maximum atomic E-state index is 12.8. The first kappa shape index (κ1) is 16.9. The molecule has 3 heteroatoms. The van der Waals surface area contributed by atoms with E-state index in [4.69, 9.17) is 4.43 Å². The molecular weight excluding hydrogens is 276 g/mol. The summed E-state index contributed by atoms with van der Waals surface area (Å²) in [5, 5.41) is 0.191. The fourth-order valence-electron chi connectivity index (χ4n) is 3.66. The molecule has 21 heavy (non-hydrogen) atoms. The van der Waals surface area contributed by atoms with E-state index in [1.165, 1.54) is 6.42 Å². The smallest absolute Gasteiger partial charge is 0.192 e. The second kappa shape index (κ2) is 5.66. The van der Waals surface area contributed by atoms with Crippen LogP contribution in [0.1, 0.15) is 59.8 Å². The van der Waals surface area contributed by atoms with Crippen molar-refractivity contribution >= 4 is 14.1 Å². The van der Waals surface area contributed by atoms with Crippen molar-refractivity contribution in [3.63, 3.8) is 0 Å². The molecule has 0 aliphatic heterocycles. The molecule has 0 bridgehead atoms. The first-order chi connectivity index (χ1) is 9.61. The van der Waals surface area contributed by atoms with Gasteiger partial charge in [0.1, 0.15) is 5.78 Å². The fourth-order valence-corrected chi connectivity index (χ4v) is 5.04. The Morgan fingerprint density at radius 1 is 1.29 bits per heavy atom. The van der Waals surface area contributed by atoms with Crippen LogP contribution in [0.2, 0.25) is 18.1 Å². The van der Waals surface area contributed by atoms with Crippen LogP contribution in [0.5, 0.6) is 0 Å². The van der Waals surface area contributed by atoms with Crippen molar-refractivity contribution in [1.29, 1.82) is 0 Å². The summed E-state index contributed by atoms with van der Waals surface area (Å²) in [6.07, 6.45) is 9.45. The van der Waals surface area contributed by atoms with Gasteiger partial charge in [-0.05, 0) is 43.3 Å². The van der Waals surface area contributed by atoms with E-state index in [2.05, 4.69) is 52.9 Å². The molecule has 2 aliphatic rings. The molecule has 0 aromatic carbocycles. The van der Waals surface area contributed by atoms with Gasteiger partial charge in [-0.15, -0.1) is 0 Å². The van der Waals surface area contributed by atoms with Crippen molar-refractivity contribution in [2.45, 2.75) is 84.0 Å². The molecule has 0 heterocycles. The monoisotopic (exact) mass is 308 g/mol. The molecule has 120 valence electrons. The third-order valence-corrected chi connectivity index (χ3v) is 10.7. The number of rotatable bonds is 2. The lowest BCUT2D eigenvalue weighted by atomic mass is 9.60. The van der Waals surface area contributed by atoms with Gasteiger partial charge in [0, 0.05) is 6.42 Å². The SMILES string of the molecule is C[C@@H]1C=CC[C@@H](O[Si](C)(C)C(C)(C)C)[C@@]12CCCCC2=O. The standard InChI is InChI=1S/C18H32O2Si/c1-14-10-9-12-16(20-21(5,6)17(2,3)4)18(14)13-8-7-11-15(18)19/h9-10,14,16H,7-8,11-13H2,1-6H3/t14-,16-,18+/m1/s1. The summed E-state index contributed by atoms with van der Waals surface area (Å²) in [7, 11) is -1.85. The Kier molecular flexibility index (Phi) is 4.57. The second-order valence-corrected chi connectivity index (χ2v) is 13.2. The molecule has 2 nitrogen and oxygen atoms in total. The highest BCUT2D eigenvalue weighted by molar-refractivity contribution is 6.74. The van der Waals surface area contributed by atoms with Crippen molar-refractivity contribution in [2.24, 2.45) is 11.3 Å². The lowest BCUT2D eigenvalue weighted by molar-refractivity contribution is -0.142. The number of allylic oxidation sites excluding steroid dienone is 1. The average Bonchev–Trinajstić information content (AvgIpc) is 2.35. The van der Waals surface area contributed by atoms with Gasteiger partial charge in [0.25, 0.3) is 0 Å². The number of hydrogen-bond acceptors (Lipinski definition) is 2. The highest BCUT2D eigenvalue weighted by atomic mass is 28.4. The van der Waals surface area contributed by atoms with Crippen LogP contribution in [-0.4, -0.2) is 20.2 Å². The largest absolute Gasteiger partial charge is 0.413 e. The minimum Gasteiger partial charge on any atom is -0.413 e. The van der Waals surface area contributed by atoms with E-state index >= 15 is 0 Å². The number of carbonyl (C=O) groups excluding carboxylic acids is 1. The Hall–Kier alpha value is -0.413. The zero-order chi connectivity index (χ0) is 15.9. The molecule has 0 amide bonds. The summed E-state index contributed by atoms with van der Waals surface area (Å²) in [5.74, 6) is 0.767. The molecule has 1 fully saturated rings. The molecule has 2 aliphatic carbocycles. The maximum absolute atomic E-state index is 12.8. The number of carbonyl (C=O) groups is 1. The molecule has 0 saturated heterocycles. The molecule has 0 N–H and O–H groups in total. The number of Topliss-reactive ketones (excluding diaryl/α,β-unsaturated/α-hetero) is 1. The molecule has 3 atom stereocenters. The molecule has 0 radical (unpaired) electrons. The van der Waals surface area contributed by atoms with Gasteiger partial charge in [-0.3, -0.25) is 4.79 Å². The third kappa shape index (κ3) is 2.92. The maximum Gasteiger partial charge on any atom is 0.192 e. The van der Waals surface area contributed by atoms with Crippen LogP contribution in [0, 0.1) is 11.3 Å². The summed E-state index contributed by atoms with van der Waals surface area (Å²) in [6.45, 7) is 13.6. The summed E-state index contributed by atoms with van der Waals surface area (Å²) >= 11 is 0. The summed E-state index contributed by atoms with van der Waals surface area (Å²) < 4.78 is 6.74. The van der Waals surface area contributed by atoms with Crippen LogP contribution >= 0.6 is 0 Å². The van der Waals surface area contributed by atoms with Gasteiger partial charge in [-0.25, -0.2) is 0 Å². The fraction of sp³-hybridized carbons (Fsp3) is 0.833. The molecular formula is C18H32O2Si. The first-order valence-electron chi connectivity index (χ1n) is 8.49. The Bertz CT molecular complexity index is 433. The number of hydrogen-bond donors (Lipinski definition) is 0. The topological polar surface area (TPSA) is 26.3 Å². The Balaban J connectivity index is 2.32. The minimum atomic E-state index is -1.85. The zero-order valence-corrected chi connectivity index (χ0v) is 15.7. The third-order valence-electron chi connectivity index (χ3n) is 6.17. The quantitative estimate of drug-likeness (QED) is 0.524. The van der Waals surface area contributed by atoms with Gasteiger partial charge >= 0.3 is 0 Å². The van der Waals surface area contributed by atoms with Crippen molar-refractivity contribution in [3.05, 3.63) is 12.2 Å². The van der Waals surface area contributed by atoms with Crippen LogP contribution in [0.25, 0.3) is 0 Å². The molecule has 1 spiro atoms. The lowest BCUT2D eigenvalue weighted by Gasteiger charge is -2.51. The second-order valence-electron chi connectivity index (χ2n) is 8.49. The molecule has 2 rings (SSSR count). The van der Waals surface area contributed by atoms with Crippen LogP contribution in [0.4, 0.5) is 0 Å². The van der Waals surface area contributed by atoms with Gasteiger partial charge in [0.2, 0.25) is 0 Å². The molecule has 0 unspecified atom stereocenters. The van der Waals surface area contributed by atoms with Crippen LogP contribution in [0.15, 0.2) is 12.2 Å². The summed E-state index contributed by atoms with van der Waals surface area (Å²) in [5.41, 5.74) is -0.248. The van der Waals surface area contributed by atoms with Gasteiger partial charge in [0.15, 0.2) is 8.32 Å². The van der Waals surface area contributed by atoms with E-state index in [9.17, 15) is 4.79 Å². The van der Waals surface area contributed by atoms with E-state index in [1.54, 1.807) is 0 Å². The normalized spacial score (nSPS) is 34.5. The van der Waals surface area contributed by atoms with E-state index in [0.717, 1.165) is 25.7 Å². The lowest BCUT2D eigenvalue weighted by Crippen LogP contribution is -2.56. The van der Waals surface area contributed by atoms with Gasteiger partial charge in [-0.1, -0.05) is 46.3 Å². The average molecular weight is 309 g/mol. The van der Waals surface area contributed by atoms with E-state index in [1.807, 2.05) is 0 Å². The predicted octanol–water partition coefficient (Wildman–Crippen LogP) is 5.10. The Morgan fingerprint density at radius 3 is 2.52 bits per heavy atom. The Labute approximate surface area is 131 Å². The van der Waals surface area contributed by atoms with Crippen molar-refractivity contribution in [1.82, 2.24) is 0 Å². The van der Waals surface area contributed by atoms with E-state index in [-0.39, 0.29) is 16.6 Å². The summed E-state index contributed by atoms with van der Waals surface area (Å²) in [4.78, 5) is 12.8. The van der Waals surface area contributed by atoms with Gasteiger partial charge in [0.05, 0.1) is 11.5 Å². The molecule has 0 aromatic rings. The predicted molar refractivity (Wildman–Crippen MR) is 90.9 cm³/mol. The Morgan fingerprint density at radius 2 is 1.95 bits per heavy atom. The van der Waals surface area contributed by atoms with E-state index < -0.39 is 8.32 Å². The number of ketones is 1. The highest BCUT2D eigenvalue weighted by Gasteiger charge is 2.53. The van der Waals surface area contributed by atoms with Gasteiger partial charge in [-0.2, -0.15) is 0 Å². The van der Waals surface area contributed by atoms with Crippen molar-refractivity contribution in [3.8, 4) is 0 Å². The van der Waals surface area contributed by atoms with Crippen LogP contribution in [-0.2, 0) is 9.22 Å². The molecule has 0 aromatic heterocycles. The minimum absolute atomic E-state index is 0.0891. The van der Waals surface area contributed by atoms with E-state index in [0.29, 0.717) is 11.7 Å². The molecule has 1 saturated carbocycles. The first-order valence-corrected chi connectivity index (χ1v) is 11.4. The zero-order valence-electron chi connectivity index (χ0n) is 14.7. The van der Waals surface area contributed by atoms with Crippen molar-refractivity contribution in [2.75, 3.05) is 0 Å². The summed E-state index contributed by atoms with van der Waals surface area (Å²) in [6, 6.07) is 0. The van der Waals surface area contributed by atoms with Crippen molar-refractivity contribution < 1.29 is 9.22 Å². The van der Waals surface area contributed by atoms with Crippen LogP contribution < -0.4 is 0 Å².